The number of hydrogen-bond acceptors (Lipinski definition) is 1. The van der Waals surface area contributed by atoms with Crippen LogP contribution in [0.4, 0.5) is 0 Å². The number of aromatic nitrogens is 1. The van der Waals surface area contributed by atoms with E-state index in [0.717, 1.165) is 22.1 Å². The van der Waals surface area contributed by atoms with Crippen molar-refractivity contribution in [1.82, 2.24) is 0 Å². The van der Waals surface area contributed by atoms with E-state index in [2.05, 4.69) is 13.0 Å². The first kappa shape index (κ1) is 8.05. The third kappa shape index (κ3) is 1.35. The quantitative estimate of drug-likeness (QED) is 0.479. The molecule has 2 aromatic rings. The molecule has 0 unspecified atom stereocenters. The van der Waals surface area contributed by atoms with Gasteiger partial charge in [-0.1, -0.05) is 13.0 Å². The van der Waals surface area contributed by atoms with Crippen molar-refractivity contribution in [3.63, 3.8) is 0 Å². The lowest BCUT2D eigenvalue weighted by Crippen LogP contribution is -2.25. The molecule has 2 nitrogen and oxygen atoms in total. The first-order valence-corrected chi connectivity index (χ1v) is 4.42. The van der Waals surface area contributed by atoms with Gasteiger partial charge in [0.2, 0.25) is 5.52 Å². The summed E-state index contributed by atoms with van der Waals surface area (Å²) < 4.78 is 0.898. The average molecular weight is 173 g/mol. The first-order valence-electron chi connectivity index (χ1n) is 4.42. The fourth-order valence-corrected chi connectivity index (χ4v) is 1.46. The number of nitrogens with zero attached hydrogens (tertiary/aromatic N) is 1. The Morgan fingerprint density at radius 1 is 1.31 bits per heavy atom. The minimum Gasteiger partial charge on any atom is -0.618 e. The van der Waals surface area contributed by atoms with Crippen molar-refractivity contribution in [2.75, 3.05) is 0 Å². The molecule has 1 aromatic carbocycles. The molecule has 0 aliphatic heterocycles. The summed E-state index contributed by atoms with van der Waals surface area (Å²) in [7, 11) is 0. The number of hydrogen-bond donors (Lipinski definition) is 0. The highest BCUT2D eigenvalue weighted by Gasteiger charge is 2.01. The molecule has 2 heteroatoms. The molecule has 0 saturated carbocycles. The van der Waals surface area contributed by atoms with E-state index in [0.29, 0.717) is 0 Å². The molecule has 66 valence electrons. The van der Waals surface area contributed by atoms with E-state index in [1.807, 2.05) is 18.2 Å². The Balaban J connectivity index is 2.72. The van der Waals surface area contributed by atoms with E-state index >= 15 is 0 Å². The highest BCUT2D eigenvalue weighted by molar-refractivity contribution is 5.76. The lowest BCUT2D eigenvalue weighted by Gasteiger charge is -2.01. The second kappa shape index (κ2) is 3.05. The van der Waals surface area contributed by atoms with Gasteiger partial charge in [0, 0.05) is 17.5 Å². The zero-order valence-corrected chi connectivity index (χ0v) is 7.53. The summed E-state index contributed by atoms with van der Waals surface area (Å²) in [4.78, 5) is 0. The molecule has 1 aromatic heterocycles. The van der Waals surface area contributed by atoms with Crippen LogP contribution in [0.25, 0.3) is 10.9 Å². The summed E-state index contributed by atoms with van der Waals surface area (Å²) in [5.41, 5.74) is 2.00. The molecule has 0 fully saturated rings. The smallest absolute Gasteiger partial charge is 0.223 e. The molecule has 0 amide bonds. The second-order valence-electron chi connectivity index (χ2n) is 3.08. The lowest BCUT2D eigenvalue weighted by molar-refractivity contribution is -0.577. The highest BCUT2D eigenvalue weighted by atomic mass is 16.5. The van der Waals surface area contributed by atoms with Crippen LogP contribution in [-0.4, -0.2) is 0 Å². The molecule has 0 N–H and O–H groups in total. The zero-order valence-electron chi connectivity index (χ0n) is 7.53. The van der Waals surface area contributed by atoms with Gasteiger partial charge in [-0.05, 0) is 24.1 Å². The van der Waals surface area contributed by atoms with E-state index in [9.17, 15) is 5.21 Å². The number of rotatable bonds is 1. The third-order valence-corrected chi connectivity index (χ3v) is 2.23. The Kier molecular flexibility index (Phi) is 1.89. The predicted molar refractivity (Wildman–Crippen MR) is 52.3 cm³/mol. The number of aryl methyl sites for hydroxylation is 1. The molecule has 0 spiro atoms. The van der Waals surface area contributed by atoms with Crippen LogP contribution < -0.4 is 4.73 Å². The first-order chi connectivity index (χ1) is 6.31. The Hall–Kier alpha value is -1.57. The van der Waals surface area contributed by atoms with Crippen LogP contribution in [0.2, 0.25) is 0 Å². The van der Waals surface area contributed by atoms with Crippen molar-refractivity contribution >= 4 is 10.9 Å². The van der Waals surface area contributed by atoms with Crippen LogP contribution >= 0.6 is 0 Å². The Morgan fingerprint density at radius 2 is 2.15 bits per heavy atom. The molecule has 0 saturated heterocycles. The maximum atomic E-state index is 11.3. The van der Waals surface area contributed by atoms with Gasteiger partial charge in [0.25, 0.3) is 0 Å². The van der Waals surface area contributed by atoms with Gasteiger partial charge in [0.05, 0.1) is 0 Å². The SMILES string of the molecule is CCc1ccc2c(ccc[n+]2[O-])c1. The summed E-state index contributed by atoms with van der Waals surface area (Å²) >= 11 is 0. The van der Waals surface area contributed by atoms with Gasteiger partial charge in [-0.15, -0.1) is 0 Å². The van der Waals surface area contributed by atoms with Gasteiger partial charge < -0.3 is 5.21 Å². The summed E-state index contributed by atoms with van der Waals surface area (Å²) in [5.74, 6) is 0. The van der Waals surface area contributed by atoms with E-state index in [1.165, 1.54) is 11.8 Å². The average Bonchev–Trinajstić information content (AvgIpc) is 2.18. The van der Waals surface area contributed by atoms with Crippen molar-refractivity contribution in [3.05, 3.63) is 47.3 Å². The Morgan fingerprint density at radius 3 is 2.92 bits per heavy atom. The summed E-state index contributed by atoms with van der Waals surface area (Å²) in [6.45, 7) is 2.11. The van der Waals surface area contributed by atoms with Gasteiger partial charge in [0.15, 0.2) is 6.20 Å². The molecule has 2 rings (SSSR count). The van der Waals surface area contributed by atoms with E-state index in [-0.39, 0.29) is 0 Å². The van der Waals surface area contributed by atoms with E-state index < -0.39 is 0 Å². The van der Waals surface area contributed by atoms with Gasteiger partial charge in [-0.3, -0.25) is 0 Å². The second-order valence-corrected chi connectivity index (χ2v) is 3.08. The van der Waals surface area contributed by atoms with Gasteiger partial charge >= 0.3 is 0 Å². The summed E-state index contributed by atoms with van der Waals surface area (Å²) in [6, 6.07) is 9.67. The topological polar surface area (TPSA) is 26.9 Å². The lowest BCUT2D eigenvalue weighted by atomic mass is 10.1. The standard InChI is InChI=1S/C11H11NO/c1-2-9-5-6-11-10(8-9)4-3-7-12(11)13/h3-8H,2H2,1H3. The fourth-order valence-electron chi connectivity index (χ4n) is 1.46. The third-order valence-electron chi connectivity index (χ3n) is 2.23. The summed E-state index contributed by atoms with van der Waals surface area (Å²) in [6.07, 6.45) is 2.53. The van der Waals surface area contributed by atoms with Gasteiger partial charge in [-0.2, -0.15) is 4.73 Å². The zero-order chi connectivity index (χ0) is 9.26. The molecule has 0 aliphatic rings. The number of pyridine rings is 1. The van der Waals surface area contributed by atoms with Crippen molar-refractivity contribution in [2.45, 2.75) is 13.3 Å². The van der Waals surface area contributed by atoms with Crippen LogP contribution in [0.5, 0.6) is 0 Å². The van der Waals surface area contributed by atoms with Gasteiger partial charge in [0.1, 0.15) is 0 Å². The maximum absolute atomic E-state index is 11.3. The number of benzene rings is 1. The Bertz CT molecular complexity index is 437. The van der Waals surface area contributed by atoms with Crippen LogP contribution in [0.1, 0.15) is 12.5 Å². The minimum absolute atomic E-state index is 0.736. The van der Waals surface area contributed by atoms with Crippen molar-refractivity contribution in [2.24, 2.45) is 0 Å². The van der Waals surface area contributed by atoms with Crippen molar-refractivity contribution < 1.29 is 4.73 Å². The number of fused-ring (bicyclic) bond motifs is 1. The monoisotopic (exact) mass is 173 g/mol. The molecule has 0 atom stereocenters. The van der Waals surface area contributed by atoms with E-state index in [1.54, 1.807) is 6.07 Å². The molecule has 13 heavy (non-hydrogen) atoms. The molecule has 0 radical (unpaired) electrons. The van der Waals surface area contributed by atoms with Crippen LogP contribution in [-0.2, 0) is 6.42 Å². The minimum atomic E-state index is 0.736. The normalized spacial score (nSPS) is 10.5. The van der Waals surface area contributed by atoms with Gasteiger partial charge in [-0.25, -0.2) is 0 Å². The van der Waals surface area contributed by atoms with Crippen molar-refractivity contribution in [1.29, 1.82) is 0 Å². The van der Waals surface area contributed by atoms with Crippen LogP contribution in [0, 0.1) is 5.21 Å². The van der Waals surface area contributed by atoms with Crippen LogP contribution in [0.3, 0.4) is 0 Å². The van der Waals surface area contributed by atoms with Crippen molar-refractivity contribution in [3.8, 4) is 0 Å². The molecule has 0 bridgehead atoms. The van der Waals surface area contributed by atoms with E-state index in [4.69, 9.17) is 0 Å². The summed E-state index contributed by atoms with van der Waals surface area (Å²) in [5, 5.41) is 12.3. The largest absolute Gasteiger partial charge is 0.618 e. The molecule has 0 aliphatic carbocycles. The molecular weight excluding hydrogens is 162 g/mol. The highest BCUT2D eigenvalue weighted by Crippen LogP contribution is 2.12. The van der Waals surface area contributed by atoms with Crippen LogP contribution in [0.15, 0.2) is 36.5 Å². The molecule has 1 heterocycles. The fraction of sp³-hybridized carbons (Fsp3) is 0.182. The molecular formula is C11H11NO. The predicted octanol–water partition coefficient (Wildman–Crippen LogP) is 2.04. The maximum Gasteiger partial charge on any atom is 0.223 e. The Labute approximate surface area is 77.0 Å².